The van der Waals surface area contributed by atoms with Crippen molar-refractivity contribution < 1.29 is 13.2 Å². The third kappa shape index (κ3) is 4.89. The van der Waals surface area contributed by atoms with Crippen molar-refractivity contribution in [2.45, 2.75) is 26.7 Å². The highest BCUT2D eigenvalue weighted by Crippen LogP contribution is 2.25. The maximum atomic E-state index is 12.2. The summed E-state index contributed by atoms with van der Waals surface area (Å²) >= 11 is 6.02. The zero-order chi connectivity index (χ0) is 21.9. The molecule has 0 bridgehead atoms. The van der Waals surface area contributed by atoms with E-state index in [4.69, 9.17) is 11.6 Å². The van der Waals surface area contributed by atoms with Crippen molar-refractivity contribution in [2.24, 2.45) is 7.05 Å². The van der Waals surface area contributed by atoms with Crippen LogP contribution in [0.3, 0.4) is 0 Å². The van der Waals surface area contributed by atoms with Crippen LogP contribution in [-0.2, 0) is 22.1 Å². The van der Waals surface area contributed by atoms with Gasteiger partial charge in [0.15, 0.2) is 0 Å². The van der Waals surface area contributed by atoms with Crippen LogP contribution in [0, 0.1) is 6.92 Å². The molecule has 0 radical (unpaired) electrons. The topological polar surface area (TPSA) is 111 Å². The van der Waals surface area contributed by atoms with Crippen LogP contribution in [0.25, 0.3) is 22.9 Å². The van der Waals surface area contributed by atoms with Gasteiger partial charge in [-0.25, -0.2) is 9.71 Å². The molecule has 0 saturated heterocycles. The van der Waals surface area contributed by atoms with Crippen molar-refractivity contribution >= 4 is 44.8 Å². The van der Waals surface area contributed by atoms with Crippen LogP contribution in [0.15, 0.2) is 30.6 Å². The monoisotopic (exact) mass is 450 g/mol. The van der Waals surface area contributed by atoms with Crippen LogP contribution in [0.1, 0.15) is 31.0 Å². The summed E-state index contributed by atoms with van der Waals surface area (Å²) in [5, 5.41) is 5.82. The second kappa shape index (κ2) is 8.99. The molecule has 3 aromatic rings. The minimum Gasteiger partial charge on any atom is -0.285 e. The molecule has 2 N–H and O–H groups in total. The average molecular weight is 451 g/mol. The molecule has 0 fully saturated rings. The Balaban J connectivity index is 1.88. The lowest BCUT2D eigenvalue weighted by molar-refractivity contribution is -0.114. The lowest BCUT2D eigenvalue weighted by Gasteiger charge is -2.08. The second-order valence-electron chi connectivity index (χ2n) is 6.75. The van der Waals surface area contributed by atoms with E-state index in [2.05, 4.69) is 14.8 Å². The molecule has 0 saturated carbocycles. The molecule has 0 aliphatic heterocycles. The van der Waals surface area contributed by atoms with E-state index in [-0.39, 0.29) is 6.54 Å². The molecular weight excluding hydrogens is 428 g/mol. The number of rotatable bonds is 8. The minimum atomic E-state index is -3.90. The first-order valence-corrected chi connectivity index (χ1v) is 11.2. The maximum Gasteiger partial charge on any atom is 0.301 e. The Bertz CT molecular complexity index is 1210. The van der Waals surface area contributed by atoms with Gasteiger partial charge < -0.3 is 0 Å². The summed E-state index contributed by atoms with van der Waals surface area (Å²) in [5.74, 6) is -0.0687. The SMILES string of the molecule is CCCCNS(=O)(=O)NC(=O)/C=C/c1c(C)nn(C)c1-n1ccc2cc(Cl)cnc21. The fourth-order valence-corrected chi connectivity index (χ4v) is 4.04. The van der Waals surface area contributed by atoms with Crippen LogP contribution < -0.4 is 9.44 Å². The van der Waals surface area contributed by atoms with Crippen LogP contribution in [-0.4, -0.2) is 40.2 Å². The lowest BCUT2D eigenvalue weighted by Crippen LogP contribution is -2.39. The number of nitrogens with one attached hydrogen (secondary N) is 2. The fourth-order valence-electron chi connectivity index (χ4n) is 3.06. The molecule has 11 heteroatoms. The summed E-state index contributed by atoms with van der Waals surface area (Å²) in [5.41, 5.74) is 2.03. The first-order valence-electron chi connectivity index (χ1n) is 9.38. The van der Waals surface area contributed by atoms with E-state index in [1.165, 1.54) is 12.2 Å². The molecule has 3 heterocycles. The number of halogens is 1. The Labute approximate surface area is 179 Å². The Morgan fingerprint density at radius 3 is 2.87 bits per heavy atom. The standard InChI is InChI=1S/C19H23ClN6O3S/c1-4-5-9-22-30(28,29)24-17(27)7-6-16-13(2)23-25(3)19(16)26-10-8-14-11-15(20)12-21-18(14)26/h6-8,10-12,22H,4-5,9H2,1-3H3,(H,24,27)/b7-6+. The Kier molecular flexibility index (Phi) is 6.59. The van der Waals surface area contributed by atoms with Crippen molar-refractivity contribution in [3.63, 3.8) is 0 Å². The minimum absolute atomic E-state index is 0.270. The number of fused-ring (bicyclic) bond motifs is 1. The summed E-state index contributed by atoms with van der Waals surface area (Å²) in [6.45, 7) is 4.02. The lowest BCUT2D eigenvalue weighted by atomic mass is 10.2. The zero-order valence-corrected chi connectivity index (χ0v) is 18.5. The van der Waals surface area contributed by atoms with Crippen molar-refractivity contribution in [3.8, 4) is 5.82 Å². The van der Waals surface area contributed by atoms with Gasteiger partial charge in [0.05, 0.1) is 10.7 Å². The molecule has 30 heavy (non-hydrogen) atoms. The summed E-state index contributed by atoms with van der Waals surface area (Å²) < 4.78 is 31.6. The number of unbranched alkanes of at least 4 members (excludes halogenated alkanes) is 1. The number of carbonyl (C=O) groups is 1. The first kappa shape index (κ1) is 22.0. The fraction of sp³-hybridized carbons (Fsp3) is 0.316. The largest absolute Gasteiger partial charge is 0.301 e. The van der Waals surface area contributed by atoms with Crippen LogP contribution in [0.2, 0.25) is 5.02 Å². The van der Waals surface area contributed by atoms with E-state index in [0.717, 1.165) is 11.8 Å². The van der Waals surface area contributed by atoms with Gasteiger partial charge >= 0.3 is 10.2 Å². The Hall–Kier alpha value is -2.69. The Morgan fingerprint density at radius 2 is 2.13 bits per heavy atom. The van der Waals surface area contributed by atoms with Crippen molar-refractivity contribution in [1.82, 2.24) is 28.8 Å². The van der Waals surface area contributed by atoms with Crippen LogP contribution in [0.4, 0.5) is 0 Å². The Morgan fingerprint density at radius 1 is 1.37 bits per heavy atom. The third-order valence-corrected chi connectivity index (χ3v) is 5.68. The van der Waals surface area contributed by atoms with Crippen LogP contribution >= 0.6 is 11.6 Å². The number of aromatic nitrogens is 4. The zero-order valence-electron chi connectivity index (χ0n) is 16.9. The average Bonchev–Trinajstić information content (AvgIpc) is 3.18. The van der Waals surface area contributed by atoms with E-state index in [1.807, 2.05) is 34.5 Å². The highest BCUT2D eigenvalue weighted by atomic mass is 35.5. The molecule has 160 valence electrons. The molecule has 0 aliphatic rings. The van der Waals surface area contributed by atoms with Gasteiger partial charge in [-0.2, -0.15) is 18.2 Å². The summed E-state index contributed by atoms with van der Waals surface area (Å²) in [4.78, 5) is 16.5. The number of nitrogens with zero attached hydrogens (tertiary/aromatic N) is 4. The van der Waals surface area contributed by atoms with Crippen molar-refractivity contribution in [1.29, 1.82) is 0 Å². The van der Waals surface area contributed by atoms with Gasteiger partial charge in [0.1, 0.15) is 11.5 Å². The highest BCUT2D eigenvalue weighted by molar-refractivity contribution is 7.88. The number of hydrogen-bond acceptors (Lipinski definition) is 5. The molecule has 3 rings (SSSR count). The second-order valence-corrected chi connectivity index (χ2v) is 8.69. The highest BCUT2D eigenvalue weighted by Gasteiger charge is 2.17. The summed E-state index contributed by atoms with van der Waals surface area (Å²) in [7, 11) is -2.12. The predicted molar refractivity (Wildman–Crippen MR) is 117 cm³/mol. The number of carbonyl (C=O) groups excluding carboxylic acids is 1. The summed E-state index contributed by atoms with van der Waals surface area (Å²) in [6.07, 6.45) is 7.63. The third-order valence-electron chi connectivity index (χ3n) is 4.42. The molecule has 0 aromatic carbocycles. The predicted octanol–water partition coefficient (Wildman–Crippen LogP) is 2.48. The molecule has 9 nitrogen and oxygen atoms in total. The van der Waals surface area contributed by atoms with Crippen molar-refractivity contribution in [3.05, 3.63) is 46.9 Å². The van der Waals surface area contributed by atoms with E-state index in [0.29, 0.717) is 34.2 Å². The van der Waals surface area contributed by atoms with Gasteiger partial charge in [-0.15, -0.1) is 0 Å². The van der Waals surface area contributed by atoms with Gasteiger partial charge in [-0.1, -0.05) is 24.9 Å². The van der Waals surface area contributed by atoms with Gasteiger partial charge in [-0.3, -0.25) is 14.0 Å². The number of hydrogen-bond donors (Lipinski definition) is 2. The quantitative estimate of drug-likeness (QED) is 0.404. The van der Waals surface area contributed by atoms with E-state index < -0.39 is 16.1 Å². The first-order chi connectivity index (χ1) is 14.2. The van der Waals surface area contributed by atoms with Gasteiger partial charge in [0, 0.05) is 43.0 Å². The van der Waals surface area contributed by atoms with Crippen LogP contribution in [0.5, 0.6) is 0 Å². The molecular formula is C19H23ClN6O3S. The molecule has 1 amide bonds. The van der Waals surface area contributed by atoms with E-state index in [1.54, 1.807) is 24.9 Å². The van der Waals surface area contributed by atoms with E-state index >= 15 is 0 Å². The van der Waals surface area contributed by atoms with Crippen molar-refractivity contribution in [2.75, 3.05) is 6.54 Å². The summed E-state index contributed by atoms with van der Waals surface area (Å²) in [6, 6.07) is 3.69. The van der Waals surface area contributed by atoms with Gasteiger partial charge in [0.25, 0.3) is 5.91 Å². The van der Waals surface area contributed by atoms with Gasteiger partial charge in [-0.05, 0) is 31.6 Å². The number of aryl methyl sites for hydroxylation is 2. The molecule has 0 atom stereocenters. The molecule has 0 spiro atoms. The number of amides is 1. The maximum absolute atomic E-state index is 12.2. The normalized spacial score (nSPS) is 12.1. The van der Waals surface area contributed by atoms with Gasteiger partial charge in [0.2, 0.25) is 0 Å². The molecule has 0 unspecified atom stereocenters. The molecule has 3 aromatic heterocycles. The number of pyridine rings is 1. The smallest absolute Gasteiger partial charge is 0.285 e. The van der Waals surface area contributed by atoms with E-state index in [9.17, 15) is 13.2 Å². The molecule has 0 aliphatic carbocycles.